The van der Waals surface area contributed by atoms with E-state index in [9.17, 15) is 9.59 Å². The Balaban J connectivity index is 2.19. The fraction of sp³-hybridized carbons (Fsp3) is 0.312. The monoisotopic (exact) mass is 362 g/mol. The first kappa shape index (κ1) is 16.7. The number of nitrogen functional groups attached to an aromatic ring is 1. The van der Waals surface area contributed by atoms with Crippen LogP contribution in [-0.2, 0) is 13.6 Å². The summed E-state index contributed by atoms with van der Waals surface area (Å²) >= 11 is 3.05. The second kappa shape index (κ2) is 6.37. The molecule has 3 aromatic heterocycles. The fourth-order valence-corrected chi connectivity index (χ4v) is 4.09. The molecule has 2 N–H and O–H groups in total. The van der Waals surface area contributed by atoms with E-state index in [1.165, 1.54) is 23.0 Å². The molecule has 3 aromatic rings. The number of aromatic nitrogens is 3. The van der Waals surface area contributed by atoms with Crippen LogP contribution in [0.5, 0.6) is 0 Å². The van der Waals surface area contributed by atoms with Crippen LogP contribution in [0, 0.1) is 5.92 Å². The molecule has 0 unspecified atom stereocenters. The van der Waals surface area contributed by atoms with E-state index in [0.29, 0.717) is 12.2 Å². The highest BCUT2D eigenvalue weighted by Gasteiger charge is 2.20. The van der Waals surface area contributed by atoms with Crippen LogP contribution in [0.1, 0.15) is 13.8 Å². The lowest BCUT2D eigenvalue weighted by atomic mass is 10.2. The van der Waals surface area contributed by atoms with Crippen molar-refractivity contribution in [3.05, 3.63) is 43.7 Å². The number of nitrogens with two attached hydrogens (primary N) is 1. The molecule has 0 radical (unpaired) electrons. The Labute approximate surface area is 146 Å². The molecule has 24 heavy (non-hydrogen) atoms. The average Bonchev–Trinajstić information content (AvgIpc) is 3.20. The van der Waals surface area contributed by atoms with Crippen molar-refractivity contribution in [1.29, 1.82) is 0 Å². The van der Waals surface area contributed by atoms with Gasteiger partial charge in [0.1, 0.15) is 16.4 Å². The van der Waals surface area contributed by atoms with Gasteiger partial charge in [0.15, 0.2) is 0 Å². The van der Waals surface area contributed by atoms with Crippen LogP contribution in [0.3, 0.4) is 0 Å². The Morgan fingerprint density at radius 2 is 2.04 bits per heavy atom. The van der Waals surface area contributed by atoms with Crippen molar-refractivity contribution in [3.63, 3.8) is 0 Å². The summed E-state index contributed by atoms with van der Waals surface area (Å²) < 4.78 is 2.55. The molecule has 3 heterocycles. The Morgan fingerprint density at radius 3 is 2.67 bits per heavy atom. The third-order valence-electron chi connectivity index (χ3n) is 3.62. The van der Waals surface area contributed by atoms with Gasteiger partial charge in [0.2, 0.25) is 0 Å². The van der Waals surface area contributed by atoms with Gasteiger partial charge in [-0.25, -0.2) is 9.78 Å². The maximum Gasteiger partial charge on any atom is 0.332 e. The van der Waals surface area contributed by atoms with Crippen LogP contribution in [0.2, 0.25) is 0 Å². The Kier molecular flexibility index (Phi) is 4.42. The molecule has 126 valence electrons. The van der Waals surface area contributed by atoms with Gasteiger partial charge in [0.25, 0.3) is 5.56 Å². The number of thiophene rings is 1. The van der Waals surface area contributed by atoms with Crippen LogP contribution in [0.25, 0.3) is 21.1 Å². The Bertz CT molecular complexity index is 981. The smallest absolute Gasteiger partial charge is 0.332 e. The minimum atomic E-state index is -0.416. The van der Waals surface area contributed by atoms with Gasteiger partial charge in [0, 0.05) is 19.0 Å². The lowest BCUT2D eigenvalue weighted by Gasteiger charge is -2.15. The molecular weight excluding hydrogens is 344 g/mol. The van der Waals surface area contributed by atoms with Gasteiger partial charge in [-0.2, -0.15) is 0 Å². The summed E-state index contributed by atoms with van der Waals surface area (Å²) in [5, 5.41) is 4.63. The standard InChI is InChI=1S/C16H18N4O2S2/c1-9(2)7-20-13(17)12(15(21)19(3)16(20)22)10-8-24-14(18-10)11-5-4-6-23-11/h4-6,8-9H,7,17H2,1-3H3. The normalized spacial score (nSPS) is 11.3. The van der Waals surface area contributed by atoms with Crippen molar-refractivity contribution >= 4 is 28.5 Å². The molecule has 6 nitrogen and oxygen atoms in total. The van der Waals surface area contributed by atoms with E-state index >= 15 is 0 Å². The summed E-state index contributed by atoms with van der Waals surface area (Å²) in [7, 11) is 1.47. The van der Waals surface area contributed by atoms with Gasteiger partial charge in [-0.05, 0) is 17.4 Å². The zero-order valence-electron chi connectivity index (χ0n) is 13.6. The van der Waals surface area contributed by atoms with E-state index in [1.54, 1.807) is 11.3 Å². The molecule has 0 aliphatic heterocycles. The lowest BCUT2D eigenvalue weighted by Crippen LogP contribution is -2.41. The third-order valence-corrected chi connectivity index (χ3v) is 5.50. The third kappa shape index (κ3) is 2.83. The summed E-state index contributed by atoms with van der Waals surface area (Å²) in [6.07, 6.45) is 0. The highest BCUT2D eigenvalue weighted by molar-refractivity contribution is 7.20. The first-order valence-corrected chi connectivity index (χ1v) is 9.25. The Hall–Kier alpha value is -2.19. The maximum atomic E-state index is 12.6. The lowest BCUT2D eigenvalue weighted by molar-refractivity contribution is 0.494. The van der Waals surface area contributed by atoms with E-state index in [4.69, 9.17) is 5.73 Å². The molecule has 0 aromatic carbocycles. The van der Waals surface area contributed by atoms with E-state index < -0.39 is 11.2 Å². The molecule has 0 saturated carbocycles. The van der Waals surface area contributed by atoms with Gasteiger partial charge in [0.05, 0.1) is 10.6 Å². The van der Waals surface area contributed by atoms with Crippen LogP contribution in [-0.4, -0.2) is 14.1 Å². The second-order valence-electron chi connectivity index (χ2n) is 5.93. The van der Waals surface area contributed by atoms with Crippen molar-refractivity contribution in [1.82, 2.24) is 14.1 Å². The molecule has 3 rings (SSSR count). The van der Waals surface area contributed by atoms with E-state index in [0.717, 1.165) is 14.5 Å². The molecule has 0 saturated heterocycles. The SMILES string of the molecule is CC(C)Cn1c(N)c(-c2csc(-c3cccs3)n2)c(=O)n(C)c1=O. The molecule has 0 aliphatic rings. The topological polar surface area (TPSA) is 82.9 Å². The zero-order chi connectivity index (χ0) is 17.4. The number of nitrogens with zero attached hydrogens (tertiary/aromatic N) is 3. The second-order valence-corrected chi connectivity index (χ2v) is 7.73. The average molecular weight is 362 g/mol. The van der Waals surface area contributed by atoms with Crippen molar-refractivity contribution in [2.45, 2.75) is 20.4 Å². The molecule has 0 atom stereocenters. The van der Waals surface area contributed by atoms with Gasteiger partial charge < -0.3 is 5.73 Å². The van der Waals surface area contributed by atoms with Crippen LogP contribution >= 0.6 is 22.7 Å². The zero-order valence-corrected chi connectivity index (χ0v) is 15.3. The maximum absolute atomic E-state index is 12.6. The van der Waals surface area contributed by atoms with E-state index in [2.05, 4.69) is 4.98 Å². The number of hydrogen-bond acceptors (Lipinski definition) is 6. The first-order chi connectivity index (χ1) is 11.4. The predicted molar refractivity (Wildman–Crippen MR) is 99.6 cm³/mol. The van der Waals surface area contributed by atoms with Crippen LogP contribution in [0.4, 0.5) is 5.82 Å². The van der Waals surface area contributed by atoms with Gasteiger partial charge in [-0.1, -0.05) is 19.9 Å². The minimum Gasteiger partial charge on any atom is -0.384 e. The number of rotatable bonds is 4. The highest BCUT2D eigenvalue weighted by Crippen LogP contribution is 2.31. The number of hydrogen-bond donors (Lipinski definition) is 1. The van der Waals surface area contributed by atoms with Gasteiger partial charge in [-0.3, -0.25) is 13.9 Å². The molecule has 0 fully saturated rings. The van der Waals surface area contributed by atoms with Crippen LogP contribution < -0.4 is 17.0 Å². The largest absolute Gasteiger partial charge is 0.384 e. The molecule has 0 spiro atoms. The van der Waals surface area contributed by atoms with E-state index in [-0.39, 0.29) is 17.3 Å². The molecule has 0 aliphatic carbocycles. The minimum absolute atomic E-state index is 0.180. The van der Waals surface area contributed by atoms with Crippen molar-refractivity contribution in [2.24, 2.45) is 13.0 Å². The summed E-state index contributed by atoms with van der Waals surface area (Å²) in [4.78, 5) is 30.5. The van der Waals surface area contributed by atoms with Crippen molar-refractivity contribution in [3.8, 4) is 21.1 Å². The number of thiazole rings is 1. The number of anilines is 1. The summed E-state index contributed by atoms with van der Waals surface area (Å²) in [5.74, 6) is 0.410. The van der Waals surface area contributed by atoms with Crippen LogP contribution in [0.15, 0.2) is 32.5 Å². The summed E-state index contributed by atoms with van der Waals surface area (Å²) in [5.41, 5.74) is 6.17. The quantitative estimate of drug-likeness (QED) is 0.773. The fourth-order valence-electron chi connectivity index (χ4n) is 2.47. The van der Waals surface area contributed by atoms with Gasteiger partial charge in [-0.15, -0.1) is 22.7 Å². The summed E-state index contributed by atoms with van der Waals surface area (Å²) in [6.45, 7) is 4.44. The highest BCUT2D eigenvalue weighted by atomic mass is 32.1. The molecule has 8 heteroatoms. The summed E-state index contributed by atoms with van der Waals surface area (Å²) in [6, 6.07) is 3.94. The van der Waals surface area contributed by atoms with E-state index in [1.807, 2.05) is 36.7 Å². The Morgan fingerprint density at radius 1 is 1.29 bits per heavy atom. The predicted octanol–water partition coefficient (Wildman–Crippen LogP) is 2.64. The van der Waals surface area contributed by atoms with Gasteiger partial charge >= 0.3 is 5.69 Å². The molecular formula is C16H18N4O2S2. The van der Waals surface area contributed by atoms with Crippen molar-refractivity contribution in [2.75, 3.05) is 5.73 Å². The molecule has 0 bridgehead atoms. The van der Waals surface area contributed by atoms with Crippen molar-refractivity contribution < 1.29 is 0 Å². The molecule has 0 amide bonds. The first-order valence-electron chi connectivity index (χ1n) is 7.49.